The Balaban J connectivity index is 1.63. The highest BCUT2D eigenvalue weighted by Gasteiger charge is 2.44. The maximum atomic E-state index is 14.2. The van der Waals surface area contributed by atoms with Crippen molar-refractivity contribution in [1.82, 2.24) is 39.8 Å². The van der Waals surface area contributed by atoms with Crippen molar-refractivity contribution in [2.75, 3.05) is 11.9 Å². The fourth-order valence-electron chi connectivity index (χ4n) is 4.17. The SMILES string of the molecule is CCn1c(-c2cnc(C)nc2)nc2c(-c3cnc4c(c3)[C@@](C)(NCC(C)(C)F)C(=O)N4)ncnc21. The van der Waals surface area contributed by atoms with Gasteiger partial charge in [-0.1, -0.05) is 0 Å². The number of fused-ring (bicyclic) bond motifs is 2. The van der Waals surface area contributed by atoms with Gasteiger partial charge in [0.05, 0.1) is 5.56 Å². The molecule has 35 heavy (non-hydrogen) atoms. The second kappa shape index (κ2) is 8.12. The molecule has 0 spiro atoms. The van der Waals surface area contributed by atoms with Gasteiger partial charge in [0.25, 0.3) is 0 Å². The monoisotopic (exact) mass is 475 g/mol. The van der Waals surface area contributed by atoms with Crippen molar-refractivity contribution in [3.05, 3.63) is 42.4 Å². The van der Waals surface area contributed by atoms with Gasteiger partial charge in [0.15, 0.2) is 5.65 Å². The first kappa shape index (κ1) is 22.9. The van der Waals surface area contributed by atoms with Gasteiger partial charge >= 0.3 is 0 Å². The third-order valence-electron chi connectivity index (χ3n) is 6.14. The zero-order valence-corrected chi connectivity index (χ0v) is 20.2. The quantitative estimate of drug-likeness (QED) is 0.436. The number of anilines is 1. The molecule has 4 aromatic heterocycles. The van der Waals surface area contributed by atoms with Crippen LogP contribution < -0.4 is 10.6 Å². The molecule has 11 heteroatoms. The first-order chi connectivity index (χ1) is 16.6. The summed E-state index contributed by atoms with van der Waals surface area (Å²) < 4.78 is 16.2. The average molecular weight is 476 g/mol. The Labute approximate surface area is 201 Å². The van der Waals surface area contributed by atoms with Gasteiger partial charge in [-0.2, -0.15) is 0 Å². The van der Waals surface area contributed by atoms with Crippen molar-refractivity contribution in [3.8, 4) is 22.6 Å². The third kappa shape index (κ3) is 3.91. The number of hydrogen-bond donors (Lipinski definition) is 2. The first-order valence-corrected chi connectivity index (χ1v) is 11.4. The molecule has 1 aliphatic rings. The van der Waals surface area contributed by atoms with Crippen molar-refractivity contribution >= 4 is 22.9 Å². The number of carbonyl (C=O) groups excluding carboxylic acids is 1. The van der Waals surface area contributed by atoms with Crippen LogP contribution in [0.1, 0.15) is 39.1 Å². The molecule has 0 saturated heterocycles. The van der Waals surface area contributed by atoms with E-state index in [9.17, 15) is 9.18 Å². The van der Waals surface area contributed by atoms with E-state index in [0.717, 1.165) is 5.56 Å². The van der Waals surface area contributed by atoms with Crippen LogP contribution in [0.3, 0.4) is 0 Å². The van der Waals surface area contributed by atoms with Gasteiger partial charge in [0.1, 0.15) is 46.2 Å². The molecular weight excluding hydrogens is 449 g/mol. The number of halogens is 1. The van der Waals surface area contributed by atoms with Crippen LogP contribution >= 0.6 is 0 Å². The molecular formula is C24H26FN9O. The van der Waals surface area contributed by atoms with Crippen LogP contribution in [0.2, 0.25) is 0 Å². The van der Waals surface area contributed by atoms with Crippen molar-refractivity contribution < 1.29 is 9.18 Å². The number of nitrogens with zero attached hydrogens (tertiary/aromatic N) is 7. The van der Waals surface area contributed by atoms with E-state index in [-0.39, 0.29) is 12.5 Å². The molecule has 1 atom stereocenters. The lowest BCUT2D eigenvalue weighted by Gasteiger charge is -2.27. The fraction of sp³-hybridized carbons (Fsp3) is 0.375. The number of carbonyl (C=O) groups is 1. The van der Waals surface area contributed by atoms with E-state index < -0.39 is 11.2 Å². The molecule has 0 saturated carbocycles. The molecule has 4 aromatic rings. The third-order valence-corrected chi connectivity index (χ3v) is 6.14. The van der Waals surface area contributed by atoms with Crippen LogP contribution in [0.4, 0.5) is 10.2 Å². The van der Waals surface area contributed by atoms with Gasteiger partial charge in [0, 0.05) is 42.8 Å². The van der Waals surface area contributed by atoms with Crippen LogP contribution in [0.15, 0.2) is 31.0 Å². The zero-order valence-electron chi connectivity index (χ0n) is 20.2. The zero-order chi connectivity index (χ0) is 25.0. The minimum absolute atomic E-state index is 0.00122. The van der Waals surface area contributed by atoms with Gasteiger partial charge in [0.2, 0.25) is 5.91 Å². The van der Waals surface area contributed by atoms with E-state index in [1.165, 1.54) is 20.2 Å². The number of pyridine rings is 1. The molecule has 10 nitrogen and oxygen atoms in total. The summed E-state index contributed by atoms with van der Waals surface area (Å²) in [5, 5.41) is 5.86. The van der Waals surface area contributed by atoms with Crippen LogP contribution in [0, 0.1) is 6.92 Å². The van der Waals surface area contributed by atoms with E-state index in [4.69, 9.17) is 4.98 Å². The summed E-state index contributed by atoms with van der Waals surface area (Å²) in [4.78, 5) is 39.7. The summed E-state index contributed by atoms with van der Waals surface area (Å²) in [6.07, 6.45) is 6.60. The molecule has 0 fully saturated rings. The molecule has 0 radical (unpaired) electrons. The van der Waals surface area contributed by atoms with E-state index in [0.29, 0.717) is 52.0 Å². The van der Waals surface area contributed by atoms with E-state index in [1.807, 2.05) is 24.5 Å². The highest BCUT2D eigenvalue weighted by atomic mass is 19.1. The maximum absolute atomic E-state index is 14.2. The highest BCUT2D eigenvalue weighted by molar-refractivity contribution is 6.05. The molecule has 1 amide bonds. The van der Waals surface area contributed by atoms with Gasteiger partial charge < -0.3 is 9.88 Å². The molecule has 0 unspecified atom stereocenters. The standard InChI is InChI=1S/C24H26FN9O/c1-6-34-20(15-9-26-13(2)27-10-15)32-18-17(29-12-30-21(18)34)14-7-16-19(28-8-14)33-22(35)24(16,5)31-11-23(3,4)25/h7-10,12,31H,6,11H2,1-5H3,(H,28,33,35)/t24-/m1/s1. The van der Waals surface area contributed by atoms with Crippen molar-refractivity contribution in [2.24, 2.45) is 0 Å². The topological polar surface area (TPSA) is 123 Å². The van der Waals surface area contributed by atoms with E-state index in [1.54, 1.807) is 25.5 Å². The number of aryl methyl sites for hydroxylation is 2. The highest BCUT2D eigenvalue weighted by Crippen LogP contribution is 2.38. The normalized spacial score (nSPS) is 17.6. The van der Waals surface area contributed by atoms with Crippen LogP contribution in [-0.2, 0) is 16.9 Å². The van der Waals surface area contributed by atoms with Crippen LogP contribution in [0.5, 0.6) is 0 Å². The molecule has 0 bridgehead atoms. The molecule has 2 N–H and O–H groups in total. The predicted molar refractivity (Wildman–Crippen MR) is 129 cm³/mol. The van der Waals surface area contributed by atoms with Crippen LogP contribution in [0.25, 0.3) is 33.8 Å². The average Bonchev–Trinajstić information content (AvgIpc) is 3.32. The Kier molecular flexibility index (Phi) is 5.32. The predicted octanol–water partition coefficient (Wildman–Crippen LogP) is 3.18. The number of alkyl halides is 1. The Morgan fingerprint density at radius 3 is 2.51 bits per heavy atom. The maximum Gasteiger partial charge on any atom is 0.250 e. The molecule has 5 heterocycles. The van der Waals surface area contributed by atoms with Crippen molar-refractivity contribution in [1.29, 1.82) is 0 Å². The Bertz CT molecular complexity index is 1440. The van der Waals surface area contributed by atoms with Gasteiger partial charge in [-0.3, -0.25) is 10.1 Å². The summed E-state index contributed by atoms with van der Waals surface area (Å²) in [6.45, 7) is 9.13. The molecule has 1 aliphatic heterocycles. The Morgan fingerprint density at radius 1 is 1.11 bits per heavy atom. The van der Waals surface area contributed by atoms with Gasteiger partial charge in [-0.05, 0) is 40.7 Å². The fourth-order valence-corrected chi connectivity index (χ4v) is 4.17. The molecule has 180 valence electrons. The van der Waals surface area contributed by atoms with E-state index >= 15 is 0 Å². The summed E-state index contributed by atoms with van der Waals surface area (Å²) >= 11 is 0. The summed E-state index contributed by atoms with van der Waals surface area (Å²) in [5.74, 6) is 1.51. The summed E-state index contributed by atoms with van der Waals surface area (Å²) in [5.41, 5.74) is 1.30. The minimum atomic E-state index is -1.49. The number of hydrogen-bond acceptors (Lipinski definition) is 8. The van der Waals surface area contributed by atoms with Gasteiger partial charge in [-0.25, -0.2) is 34.3 Å². The lowest BCUT2D eigenvalue weighted by Crippen LogP contribution is -2.49. The first-order valence-electron chi connectivity index (χ1n) is 11.4. The number of nitrogens with one attached hydrogen (secondary N) is 2. The Hall–Kier alpha value is -3.86. The van der Waals surface area contributed by atoms with Crippen LogP contribution in [-0.4, -0.2) is 52.6 Å². The second-order valence-electron chi connectivity index (χ2n) is 9.36. The van der Waals surface area contributed by atoms with Gasteiger partial charge in [-0.15, -0.1) is 0 Å². The number of aromatic nitrogens is 7. The smallest absolute Gasteiger partial charge is 0.250 e. The molecule has 0 aromatic carbocycles. The number of imidazole rings is 1. The number of rotatable bonds is 6. The second-order valence-corrected chi connectivity index (χ2v) is 9.36. The Morgan fingerprint density at radius 2 is 1.83 bits per heavy atom. The van der Waals surface area contributed by atoms with Crippen molar-refractivity contribution in [3.63, 3.8) is 0 Å². The van der Waals surface area contributed by atoms with Crippen molar-refractivity contribution in [2.45, 2.75) is 52.4 Å². The molecule has 0 aliphatic carbocycles. The summed E-state index contributed by atoms with van der Waals surface area (Å²) in [7, 11) is 0. The molecule has 5 rings (SSSR count). The largest absolute Gasteiger partial charge is 0.309 e. The minimum Gasteiger partial charge on any atom is -0.309 e. The lowest BCUT2D eigenvalue weighted by atomic mass is 9.92. The number of amides is 1. The summed E-state index contributed by atoms with van der Waals surface area (Å²) in [6, 6.07) is 1.85. The lowest BCUT2D eigenvalue weighted by molar-refractivity contribution is -0.121. The van der Waals surface area contributed by atoms with E-state index in [2.05, 4.69) is 35.6 Å².